The van der Waals surface area contributed by atoms with Gasteiger partial charge >= 0.3 is 0 Å². The number of hydrogen-bond acceptors (Lipinski definition) is 4. The van der Waals surface area contributed by atoms with E-state index >= 15 is 0 Å². The van der Waals surface area contributed by atoms with Gasteiger partial charge in [0.15, 0.2) is 5.78 Å². The monoisotopic (exact) mass is 480 g/mol. The van der Waals surface area contributed by atoms with Crippen molar-refractivity contribution < 1.29 is 9.21 Å². The quantitative estimate of drug-likeness (QED) is 0.328. The van der Waals surface area contributed by atoms with Crippen LogP contribution in [0.1, 0.15) is 41.7 Å². The number of halogens is 1. The van der Waals surface area contributed by atoms with Gasteiger partial charge in [-0.05, 0) is 53.9 Å². The second kappa shape index (κ2) is 9.12. The van der Waals surface area contributed by atoms with Gasteiger partial charge in [0.25, 0.3) is 0 Å². The van der Waals surface area contributed by atoms with Crippen LogP contribution in [0.3, 0.4) is 0 Å². The lowest BCUT2D eigenvalue weighted by atomic mass is 9.80. The van der Waals surface area contributed by atoms with Crippen LogP contribution in [0.2, 0.25) is 5.02 Å². The third-order valence-electron chi connectivity index (χ3n) is 6.92. The molecule has 0 spiro atoms. The van der Waals surface area contributed by atoms with E-state index < -0.39 is 0 Å². The molecular formula is C30H25ClN2O2. The smallest absolute Gasteiger partial charge is 0.163 e. The lowest BCUT2D eigenvalue weighted by Crippen LogP contribution is -2.34. The summed E-state index contributed by atoms with van der Waals surface area (Å²) in [5.41, 5.74) is 6.10. The summed E-state index contributed by atoms with van der Waals surface area (Å²) < 4.78 is 5.70. The zero-order chi connectivity index (χ0) is 23.8. The lowest BCUT2D eigenvalue weighted by Gasteiger charge is -2.36. The number of allylic oxidation sites excluding steroid dienone is 1. The van der Waals surface area contributed by atoms with Gasteiger partial charge in [-0.25, -0.2) is 0 Å². The maximum atomic E-state index is 13.9. The third-order valence-corrected chi connectivity index (χ3v) is 7.17. The Bertz CT molecular complexity index is 1380. The van der Waals surface area contributed by atoms with Crippen LogP contribution in [0, 0.1) is 0 Å². The fraction of sp³-hybridized carbons (Fsp3) is 0.167. The molecule has 0 saturated carbocycles. The number of anilines is 2. The van der Waals surface area contributed by atoms with Crippen molar-refractivity contribution in [1.29, 1.82) is 0 Å². The molecule has 3 aromatic carbocycles. The predicted octanol–water partition coefficient (Wildman–Crippen LogP) is 7.51. The molecule has 1 N–H and O–H groups in total. The van der Waals surface area contributed by atoms with Crippen LogP contribution in [0.5, 0.6) is 0 Å². The fourth-order valence-corrected chi connectivity index (χ4v) is 5.45. The molecule has 0 fully saturated rings. The number of fused-ring (bicyclic) bond motifs is 1. The van der Waals surface area contributed by atoms with Gasteiger partial charge in [0.1, 0.15) is 5.76 Å². The highest BCUT2D eigenvalue weighted by Gasteiger charge is 2.40. The normalized spacial score (nSPS) is 19.6. The first-order valence-electron chi connectivity index (χ1n) is 11.9. The lowest BCUT2D eigenvalue weighted by molar-refractivity contribution is -0.116. The first-order chi connectivity index (χ1) is 17.2. The van der Waals surface area contributed by atoms with Gasteiger partial charge in [0, 0.05) is 35.2 Å². The second-order valence-corrected chi connectivity index (χ2v) is 9.58. The van der Waals surface area contributed by atoms with Crippen LogP contribution in [0.25, 0.3) is 0 Å². The average Bonchev–Trinajstić information content (AvgIpc) is 3.38. The molecule has 1 aromatic heterocycles. The first-order valence-corrected chi connectivity index (χ1v) is 12.3. The van der Waals surface area contributed by atoms with E-state index in [1.54, 1.807) is 6.26 Å². The SMILES string of the molecule is O=C1CC(c2ccco2)CC2=C1C(c1ccccc1)N(Cc1ccc(Cl)cc1)c1ccccc1N2. The van der Waals surface area contributed by atoms with Gasteiger partial charge in [0.2, 0.25) is 0 Å². The highest BCUT2D eigenvalue weighted by molar-refractivity contribution is 6.30. The first kappa shape index (κ1) is 21.8. The van der Waals surface area contributed by atoms with Crippen molar-refractivity contribution in [2.45, 2.75) is 31.3 Å². The van der Waals surface area contributed by atoms with E-state index in [-0.39, 0.29) is 17.7 Å². The maximum Gasteiger partial charge on any atom is 0.163 e. The number of nitrogens with one attached hydrogen (secondary N) is 1. The Balaban J connectivity index is 1.52. The topological polar surface area (TPSA) is 45.5 Å². The predicted molar refractivity (Wildman–Crippen MR) is 140 cm³/mol. The van der Waals surface area contributed by atoms with Crippen molar-refractivity contribution in [3.05, 3.63) is 130 Å². The molecule has 35 heavy (non-hydrogen) atoms. The Hall–Kier alpha value is -3.76. The van der Waals surface area contributed by atoms with Gasteiger partial charge in [-0.3, -0.25) is 4.79 Å². The Morgan fingerprint density at radius 3 is 2.43 bits per heavy atom. The standard InChI is InChI=1S/C30H25ClN2O2/c31-23-14-12-20(13-15-23)19-33-26-10-5-4-9-24(26)32-25-17-22(28-11-6-16-35-28)18-27(34)29(25)30(33)21-7-2-1-3-8-21/h1-16,22,30,32H,17-19H2. The summed E-state index contributed by atoms with van der Waals surface area (Å²) in [5, 5.41) is 4.37. The summed E-state index contributed by atoms with van der Waals surface area (Å²) in [6.45, 7) is 0.640. The molecule has 0 radical (unpaired) electrons. The van der Waals surface area contributed by atoms with Gasteiger partial charge in [-0.1, -0.05) is 66.2 Å². The van der Waals surface area contributed by atoms with E-state index in [0.717, 1.165) is 46.0 Å². The zero-order valence-electron chi connectivity index (χ0n) is 19.2. The number of carbonyl (C=O) groups excluding carboxylic acids is 1. The Morgan fingerprint density at radius 1 is 0.886 bits per heavy atom. The van der Waals surface area contributed by atoms with E-state index in [1.807, 2.05) is 48.5 Å². The number of benzene rings is 3. The Morgan fingerprint density at radius 2 is 1.66 bits per heavy atom. The molecule has 5 heteroatoms. The van der Waals surface area contributed by atoms with Crippen molar-refractivity contribution in [3.63, 3.8) is 0 Å². The van der Waals surface area contributed by atoms with Crippen LogP contribution < -0.4 is 10.2 Å². The van der Waals surface area contributed by atoms with E-state index in [2.05, 4.69) is 52.7 Å². The molecule has 0 bridgehead atoms. The molecule has 4 aromatic rings. The second-order valence-electron chi connectivity index (χ2n) is 9.15. The van der Waals surface area contributed by atoms with Crippen molar-refractivity contribution in [1.82, 2.24) is 0 Å². The molecule has 1 aliphatic carbocycles. The van der Waals surface area contributed by atoms with E-state index in [4.69, 9.17) is 16.0 Å². The minimum absolute atomic E-state index is 0.0233. The van der Waals surface area contributed by atoms with Crippen LogP contribution in [0.4, 0.5) is 11.4 Å². The molecule has 2 heterocycles. The van der Waals surface area contributed by atoms with Crippen molar-refractivity contribution in [3.8, 4) is 0 Å². The van der Waals surface area contributed by atoms with Crippen molar-refractivity contribution >= 4 is 28.8 Å². The van der Waals surface area contributed by atoms with Crippen LogP contribution in [0.15, 0.2) is 113 Å². The number of ketones is 1. The number of para-hydroxylation sites is 2. The molecule has 1 aliphatic heterocycles. The number of rotatable bonds is 4. The van der Waals surface area contributed by atoms with E-state index in [0.29, 0.717) is 18.0 Å². The van der Waals surface area contributed by atoms with Crippen LogP contribution in [-0.2, 0) is 11.3 Å². The summed E-state index contributed by atoms with van der Waals surface area (Å²) >= 11 is 6.17. The minimum atomic E-state index is -0.219. The van der Waals surface area contributed by atoms with Gasteiger partial charge in [0.05, 0.1) is 23.7 Å². The number of furan rings is 1. The molecule has 4 nitrogen and oxygen atoms in total. The summed E-state index contributed by atoms with van der Waals surface area (Å²) in [5.74, 6) is 1.04. The van der Waals surface area contributed by atoms with E-state index in [9.17, 15) is 4.79 Å². The zero-order valence-corrected chi connectivity index (χ0v) is 19.9. The minimum Gasteiger partial charge on any atom is -0.469 e. The molecule has 0 saturated heterocycles. The molecule has 2 aliphatic rings. The van der Waals surface area contributed by atoms with Crippen LogP contribution >= 0.6 is 11.6 Å². The fourth-order valence-electron chi connectivity index (χ4n) is 5.32. The number of carbonyl (C=O) groups is 1. The summed E-state index contributed by atoms with van der Waals surface area (Å²) in [6.07, 6.45) is 2.84. The third kappa shape index (κ3) is 4.15. The molecule has 2 unspecified atom stereocenters. The van der Waals surface area contributed by atoms with Crippen LogP contribution in [-0.4, -0.2) is 5.78 Å². The molecular weight excluding hydrogens is 456 g/mol. The number of Topliss-reactive ketones (excluding diaryl/α,β-unsaturated/α-hetero) is 1. The molecule has 0 amide bonds. The maximum absolute atomic E-state index is 13.9. The molecule has 6 rings (SSSR count). The average molecular weight is 481 g/mol. The summed E-state index contributed by atoms with van der Waals surface area (Å²) in [6, 6.07) is 30.2. The highest BCUT2D eigenvalue weighted by atomic mass is 35.5. The van der Waals surface area contributed by atoms with Crippen molar-refractivity contribution in [2.75, 3.05) is 10.2 Å². The Labute approximate surface area is 209 Å². The van der Waals surface area contributed by atoms with E-state index in [1.165, 1.54) is 0 Å². The summed E-state index contributed by atoms with van der Waals surface area (Å²) in [7, 11) is 0. The number of hydrogen-bond donors (Lipinski definition) is 1. The molecule has 2 atom stereocenters. The highest BCUT2D eigenvalue weighted by Crippen LogP contribution is 2.47. The van der Waals surface area contributed by atoms with Gasteiger partial charge in [-0.15, -0.1) is 0 Å². The largest absolute Gasteiger partial charge is 0.469 e. The Kier molecular flexibility index (Phi) is 5.67. The summed E-state index contributed by atoms with van der Waals surface area (Å²) in [4.78, 5) is 16.2. The van der Waals surface area contributed by atoms with Gasteiger partial charge < -0.3 is 14.6 Å². The van der Waals surface area contributed by atoms with Crippen molar-refractivity contribution in [2.24, 2.45) is 0 Å². The molecule has 174 valence electrons. The van der Waals surface area contributed by atoms with Gasteiger partial charge in [-0.2, -0.15) is 0 Å². The number of nitrogens with zero attached hydrogens (tertiary/aromatic N) is 1.